The second-order valence-corrected chi connectivity index (χ2v) is 11.3. The fraction of sp³-hybridized carbons (Fsp3) is 0.333. The number of rotatable bonds is 6. The molecule has 4 aromatic carbocycles. The Morgan fingerprint density at radius 2 is 0.944 bits per heavy atom. The Bertz CT molecular complexity index is 1300. The van der Waals surface area contributed by atoms with Crippen molar-refractivity contribution < 1.29 is 0 Å². The molecule has 0 aliphatic rings. The van der Waals surface area contributed by atoms with E-state index >= 15 is 0 Å². The molecule has 0 saturated carbocycles. The molecule has 0 aliphatic carbocycles. The van der Waals surface area contributed by atoms with Crippen LogP contribution in [0.2, 0.25) is 0 Å². The molecule has 0 fully saturated rings. The monoisotopic (exact) mass is 474 g/mol. The lowest BCUT2D eigenvalue weighted by Gasteiger charge is -2.38. The molecule has 0 unspecified atom stereocenters. The van der Waals surface area contributed by atoms with Crippen LogP contribution in [-0.4, -0.2) is 0 Å². The molecule has 0 nitrogen and oxygen atoms in total. The van der Waals surface area contributed by atoms with Gasteiger partial charge in [-0.25, -0.2) is 0 Å². The van der Waals surface area contributed by atoms with E-state index in [1.165, 1.54) is 66.8 Å². The first-order valence-corrected chi connectivity index (χ1v) is 13.3. The van der Waals surface area contributed by atoms with Gasteiger partial charge in [0.05, 0.1) is 0 Å². The van der Waals surface area contributed by atoms with Gasteiger partial charge in [0, 0.05) is 11.3 Å². The molecule has 0 aliphatic heterocycles. The summed E-state index contributed by atoms with van der Waals surface area (Å²) >= 11 is 0. The summed E-state index contributed by atoms with van der Waals surface area (Å²) in [6.45, 7) is 20.5. The molecule has 0 spiro atoms. The van der Waals surface area contributed by atoms with Crippen LogP contribution in [0.15, 0.2) is 72.8 Å². The van der Waals surface area contributed by atoms with Crippen molar-refractivity contribution in [1.29, 1.82) is 0 Å². The molecule has 0 amide bonds. The quantitative estimate of drug-likeness (QED) is 0.261. The minimum atomic E-state index is -0.146. The summed E-state index contributed by atoms with van der Waals surface area (Å²) in [5.41, 5.74) is 16.5. The zero-order valence-electron chi connectivity index (χ0n) is 23.7. The van der Waals surface area contributed by atoms with Crippen LogP contribution in [-0.2, 0) is 5.41 Å². The van der Waals surface area contributed by atoms with E-state index in [1.54, 1.807) is 0 Å². The Morgan fingerprint density at radius 1 is 0.528 bits per heavy atom. The third-order valence-electron chi connectivity index (χ3n) is 8.61. The van der Waals surface area contributed by atoms with E-state index in [9.17, 15) is 0 Å². The fourth-order valence-corrected chi connectivity index (χ4v) is 6.33. The van der Waals surface area contributed by atoms with Gasteiger partial charge < -0.3 is 0 Å². The Hall–Kier alpha value is -3.12. The van der Waals surface area contributed by atoms with Crippen molar-refractivity contribution in [3.8, 4) is 0 Å². The lowest BCUT2D eigenvalue weighted by molar-refractivity contribution is 0.479. The lowest BCUT2D eigenvalue weighted by Crippen LogP contribution is -2.29. The van der Waals surface area contributed by atoms with Crippen LogP contribution >= 0.6 is 0 Å². The molecule has 36 heavy (non-hydrogen) atoms. The number of benzene rings is 4. The van der Waals surface area contributed by atoms with Gasteiger partial charge in [-0.2, -0.15) is 0 Å². The Labute approximate surface area is 219 Å². The average molecular weight is 475 g/mol. The van der Waals surface area contributed by atoms with E-state index in [0.717, 1.165) is 6.42 Å². The van der Waals surface area contributed by atoms with E-state index in [-0.39, 0.29) is 11.3 Å². The minimum absolute atomic E-state index is 0.146. The maximum Gasteiger partial charge on any atom is 0.0189 e. The number of hydrogen-bond acceptors (Lipinski definition) is 0. The second-order valence-electron chi connectivity index (χ2n) is 11.3. The summed E-state index contributed by atoms with van der Waals surface area (Å²) < 4.78 is 0. The summed E-state index contributed by atoms with van der Waals surface area (Å²) in [7, 11) is 0. The lowest BCUT2D eigenvalue weighted by atomic mass is 9.65. The summed E-state index contributed by atoms with van der Waals surface area (Å²) in [6, 6.07) is 27.7. The number of aryl methyl sites for hydroxylation is 6. The summed E-state index contributed by atoms with van der Waals surface area (Å²) in [4.78, 5) is 0. The van der Waals surface area contributed by atoms with Gasteiger partial charge in [0.1, 0.15) is 0 Å². The SMILES string of the molecule is Cc1ccc(C(C)(CC(c2cccc(C)c2C)c2cccc(C)c2C)c2ccc(C)cc2C)c(C)c1. The molecule has 0 N–H and O–H groups in total. The van der Waals surface area contributed by atoms with Crippen LogP contribution in [0.3, 0.4) is 0 Å². The van der Waals surface area contributed by atoms with Gasteiger partial charge in [-0.05, 0) is 117 Å². The van der Waals surface area contributed by atoms with Gasteiger partial charge in [0.15, 0.2) is 0 Å². The predicted molar refractivity (Wildman–Crippen MR) is 157 cm³/mol. The van der Waals surface area contributed by atoms with Crippen LogP contribution in [0.4, 0.5) is 0 Å². The smallest absolute Gasteiger partial charge is 0.0189 e. The molecule has 186 valence electrons. The Kier molecular flexibility index (Phi) is 7.28. The van der Waals surface area contributed by atoms with E-state index in [4.69, 9.17) is 0 Å². The fourth-order valence-electron chi connectivity index (χ4n) is 6.33. The van der Waals surface area contributed by atoms with Crippen molar-refractivity contribution in [2.24, 2.45) is 0 Å². The van der Waals surface area contributed by atoms with Crippen molar-refractivity contribution >= 4 is 0 Å². The summed E-state index contributed by atoms with van der Waals surface area (Å²) in [5, 5.41) is 0. The summed E-state index contributed by atoms with van der Waals surface area (Å²) in [6.07, 6.45) is 1.01. The molecular formula is C36H42. The van der Waals surface area contributed by atoms with Gasteiger partial charge in [0.2, 0.25) is 0 Å². The highest BCUT2D eigenvalue weighted by Gasteiger charge is 2.36. The van der Waals surface area contributed by atoms with Gasteiger partial charge in [-0.3, -0.25) is 0 Å². The highest BCUT2D eigenvalue weighted by Crippen LogP contribution is 2.47. The zero-order chi connectivity index (χ0) is 26.2. The molecule has 0 bridgehead atoms. The number of hydrogen-bond donors (Lipinski definition) is 0. The Balaban J connectivity index is 2.02. The van der Waals surface area contributed by atoms with E-state index < -0.39 is 0 Å². The topological polar surface area (TPSA) is 0 Å². The molecule has 0 saturated heterocycles. The highest BCUT2D eigenvalue weighted by molar-refractivity contribution is 5.51. The molecule has 0 atom stereocenters. The molecule has 0 radical (unpaired) electrons. The first kappa shape index (κ1) is 26.0. The van der Waals surface area contributed by atoms with Gasteiger partial charge in [-0.15, -0.1) is 0 Å². The van der Waals surface area contributed by atoms with Crippen LogP contribution in [0.1, 0.15) is 86.0 Å². The second kappa shape index (κ2) is 10.1. The third kappa shape index (κ3) is 4.79. The normalized spacial score (nSPS) is 11.8. The predicted octanol–water partition coefficient (Wildman–Crippen LogP) is 9.68. The molecular weight excluding hydrogens is 432 g/mol. The van der Waals surface area contributed by atoms with Gasteiger partial charge in [0.25, 0.3) is 0 Å². The molecule has 4 rings (SSSR count). The molecule has 4 aromatic rings. The molecule has 0 heteroatoms. The van der Waals surface area contributed by atoms with Crippen molar-refractivity contribution in [1.82, 2.24) is 0 Å². The largest absolute Gasteiger partial charge is 0.0617 e. The van der Waals surface area contributed by atoms with Crippen LogP contribution in [0.25, 0.3) is 0 Å². The Morgan fingerprint density at radius 3 is 1.33 bits per heavy atom. The zero-order valence-corrected chi connectivity index (χ0v) is 23.7. The maximum absolute atomic E-state index is 2.48. The average Bonchev–Trinajstić information content (AvgIpc) is 2.81. The van der Waals surface area contributed by atoms with E-state index in [2.05, 4.69) is 135 Å². The van der Waals surface area contributed by atoms with Crippen LogP contribution < -0.4 is 0 Å². The van der Waals surface area contributed by atoms with Crippen molar-refractivity contribution in [3.63, 3.8) is 0 Å². The molecule has 0 heterocycles. The standard InChI is InChI=1S/C36H42/c1-23-16-18-34(27(5)20-23)36(9,35-19-17-24(2)21-28(35)6)22-33(31-14-10-12-25(3)29(31)7)32-15-11-13-26(4)30(32)8/h10-21,33H,22H2,1-9H3. The van der Waals surface area contributed by atoms with Crippen molar-refractivity contribution in [2.45, 2.75) is 80.1 Å². The van der Waals surface area contributed by atoms with Crippen molar-refractivity contribution in [2.75, 3.05) is 0 Å². The molecule has 0 aromatic heterocycles. The van der Waals surface area contributed by atoms with Crippen LogP contribution in [0.5, 0.6) is 0 Å². The van der Waals surface area contributed by atoms with Crippen molar-refractivity contribution in [3.05, 3.63) is 140 Å². The first-order valence-electron chi connectivity index (χ1n) is 13.3. The van der Waals surface area contributed by atoms with Crippen LogP contribution in [0, 0.1) is 55.4 Å². The summed E-state index contributed by atoms with van der Waals surface area (Å²) in [5.74, 6) is 0.288. The third-order valence-corrected chi connectivity index (χ3v) is 8.61. The first-order chi connectivity index (χ1) is 17.0. The highest BCUT2D eigenvalue weighted by atomic mass is 14.4. The van der Waals surface area contributed by atoms with Gasteiger partial charge in [-0.1, -0.05) is 90.8 Å². The van der Waals surface area contributed by atoms with E-state index in [0.29, 0.717) is 0 Å². The van der Waals surface area contributed by atoms with Gasteiger partial charge >= 0.3 is 0 Å². The van der Waals surface area contributed by atoms with E-state index in [1.807, 2.05) is 0 Å². The maximum atomic E-state index is 2.48. The minimum Gasteiger partial charge on any atom is -0.0617 e.